The maximum Gasteiger partial charge on any atom is 0.257 e. The predicted octanol–water partition coefficient (Wildman–Crippen LogP) is 3.92. The highest BCUT2D eigenvalue weighted by molar-refractivity contribution is 6.31. The van der Waals surface area contributed by atoms with Crippen molar-refractivity contribution in [3.05, 3.63) is 41.3 Å². The maximum absolute atomic E-state index is 13.5. The fourth-order valence-corrected chi connectivity index (χ4v) is 6.10. The summed E-state index contributed by atoms with van der Waals surface area (Å²) in [6.07, 6.45) is 4.21. The molecule has 4 heterocycles. The largest absolute Gasteiger partial charge is 0.451 e. The second kappa shape index (κ2) is 11.3. The zero-order chi connectivity index (χ0) is 27.7. The molecule has 39 heavy (non-hydrogen) atoms. The van der Waals surface area contributed by atoms with E-state index >= 15 is 0 Å². The van der Waals surface area contributed by atoms with Crippen LogP contribution in [0.5, 0.6) is 11.5 Å². The lowest BCUT2D eigenvalue weighted by molar-refractivity contribution is -0.135. The van der Waals surface area contributed by atoms with Gasteiger partial charge in [-0.2, -0.15) is 0 Å². The SMILES string of the molecule is CCN(C(=O)c1cc(Cl)ccc1Oc1cncnc1N1CC2(CCN(C(=O)[C@@H]3C[C@@H](F)CN3)CC2)C1)C(C)C. The predicted molar refractivity (Wildman–Crippen MR) is 147 cm³/mol. The van der Waals surface area contributed by atoms with E-state index in [2.05, 4.69) is 20.2 Å². The van der Waals surface area contributed by atoms with Gasteiger partial charge in [-0.1, -0.05) is 11.6 Å². The normalized spacial score (nSPS) is 22.2. The molecule has 1 aromatic heterocycles. The van der Waals surface area contributed by atoms with Gasteiger partial charge in [0.1, 0.15) is 18.2 Å². The lowest BCUT2D eigenvalue weighted by Crippen LogP contribution is -2.62. The molecule has 210 valence electrons. The minimum absolute atomic E-state index is 0.0140. The van der Waals surface area contributed by atoms with Gasteiger partial charge in [0, 0.05) is 62.2 Å². The van der Waals surface area contributed by atoms with Gasteiger partial charge in [-0.25, -0.2) is 14.4 Å². The van der Waals surface area contributed by atoms with E-state index < -0.39 is 12.2 Å². The zero-order valence-corrected chi connectivity index (χ0v) is 23.5. The Kier molecular flexibility index (Phi) is 7.96. The Labute approximate surface area is 233 Å². The first-order chi connectivity index (χ1) is 18.7. The number of benzene rings is 1. The molecule has 11 heteroatoms. The van der Waals surface area contributed by atoms with E-state index in [9.17, 15) is 14.0 Å². The minimum atomic E-state index is -0.942. The van der Waals surface area contributed by atoms with Gasteiger partial charge < -0.3 is 24.8 Å². The fraction of sp³-hybridized carbons (Fsp3) is 0.571. The van der Waals surface area contributed by atoms with Gasteiger partial charge in [-0.15, -0.1) is 0 Å². The van der Waals surface area contributed by atoms with E-state index in [4.69, 9.17) is 16.3 Å². The Morgan fingerprint density at radius 1 is 1.26 bits per heavy atom. The average Bonchev–Trinajstić information content (AvgIpc) is 3.34. The number of hydrogen-bond acceptors (Lipinski definition) is 7. The highest BCUT2D eigenvalue weighted by atomic mass is 35.5. The van der Waals surface area contributed by atoms with Crippen LogP contribution in [0.15, 0.2) is 30.7 Å². The Bertz CT molecular complexity index is 1210. The first-order valence-corrected chi connectivity index (χ1v) is 14.1. The molecule has 0 aliphatic carbocycles. The molecule has 1 N–H and O–H groups in total. The van der Waals surface area contributed by atoms with Gasteiger partial charge in [0.15, 0.2) is 11.6 Å². The molecule has 1 aromatic carbocycles. The van der Waals surface area contributed by atoms with Gasteiger partial charge in [-0.05, 0) is 51.8 Å². The third kappa shape index (κ3) is 5.68. The van der Waals surface area contributed by atoms with E-state index in [0.29, 0.717) is 47.5 Å². The number of carbonyl (C=O) groups excluding carboxylic acids is 2. The Hall–Kier alpha value is -2.98. The topological polar surface area (TPSA) is 90.9 Å². The van der Waals surface area contributed by atoms with Gasteiger partial charge in [-0.3, -0.25) is 9.59 Å². The summed E-state index contributed by atoms with van der Waals surface area (Å²) in [5.74, 6) is 1.40. The summed E-state index contributed by atoms with van der Waals surface area (Å²) in [7, 11) is 0. The number of carbonyl (C=O) groups is 2. The molecular weight excluding hydrogens is 523 g/mol. The number of anilines is 1. The fourth-order valence-electron chi connectivity index (χ4n) is 5.93. The van der Waals surface area contributed by atoms with E-state index in [1.54, 1.807) is 29.3 Å². The zero-order valence-electron chi connectivity index (χ0n) is 22.7. The van der Waals surface area contributed by atoms with Crippen LogP contribution in [0.4, 0.5) is 10.2 Å². The quantitative estimate of drug-likeness (QED) is 0.551. The highest BCUT2D eigenvalue weighted by Crippen LogP contribution is 2.45. The van der Waals surface area contributed by atoms with E-state index in [0.717, 1.165) is 25.9 Å². The van der Waals surface area contributed by atoms with Crippen molar-refractivity contribution in [2.24, 2.45) is 5.41 Å². The first kappa shape index (κ1) is 27.6. The smallest absolute Gasteiger partial charge is 0.257 e. The molecule has 2 atom stereocenters. The van der Waals surface area contributed by atoms with Crippen molar-refractivity contribution in [2.75, 3.05) is 44.2 Å². The molecule has 9 nitrogen and oxygen atoms in total. The van der Waals surface area contributed by atoms with Crippen LogP contribution in [0.2, 0.25) is 5.02 Å². The number of piperidine rings is 1. The molecule has 0 radical (unpaired) electrons. The van der Waals surface area contributed by atoms with E-state index in [-0.39, 0.29) is 36.2 Å². The molecule has 5 rings (SSSR count). The summed E-state index contributed by atoms with van der Waals surface area (Å²) < 4.78 is 19.8. The highest BCUT2D eigenvalue weighted by Gasteiger charge is 2.47. The second-order valence-corrected chi connectivity index (χ2v) is 11.5. The van der Waals surface area contributed by atoms with Crippen LogP contribution in [0, 0.1) is 5.41 Å². The molecule has 3 saturated heterocycles. The number of hydrogen-bond donors (Lipinski definition) is 1. The Morgan fingerprint density at radius 2 is 2.00 bits per heavy atom. The minimum Gasteiger partial charge on any atom is -0.451 e. The number of rotatable bonds is 7. The van der Waals surface area contributed by atoms with Crippen molar-refractivity contribution in [1.82, 2.24) is 25.1 Å². The van der Waals surface area contributed by atoms with Gasteiger partial charge in [0.05, 0.1) is 17.8 Å². The van der Waals surface area contributed by atoms with Crippen molar-refractivity contribution < 1.29 is 18.7 Å². The molecule has 0 saturated carbocycles. The molecule has 0 unspecified atom stereocenters. The van der Waals surface area contributed by atoms with Crippen molar-refractivity contribution in [1.29, 1.82) is 0 Å². The number of ether oxygens (including phenoxy) is 1. The second-order valence-electron chi connectivity index (χ2n) is 11.1. The number of nitrogens with one attached hydrogen (secondary N) is 1. The maximum atomic E-state index is 13.5. The van der Waals surface area contributed by atoms with Crippen LogP contribution in [0.25, 0.3) is 0 Å². The van der Waals surface area contributed by atoms with E-state index in [1.807, 2.05) is 25.7 Å². The lowest BCUT2D eigenvalue weighted by Gasteiger charge is -2.54. The molecular formula is C28H36ClFN6O3. The summed E-state index contributed by atoms with van der Waals surface area (Å²) in [5.41, 5.74) is 0.492. The number of likely N-dealkylation sites (tertiary alicyclic amines) is 1. The molecule has 2 aromatic rings. The number of amides is 2. The Balaban J connectivity index is 1.26. The van der Waals surface area contributed by atoms with Gasteiger partial charge >= 0.3 is 0 Å². The van der Waals surface area contributed by atoms with Crippen LogP contribution >= 0.6 is 11.6 Å². The number of halogens is 2. The molecule has 0 bridgehead atoms. The van der Waals surface area contributed by atoms with Crippen LogP contribution in [0.3, 0.4) is 0 Å². The van der Waals surface area contributed by atoms with E-state index in [1.165, 1.54) is 6.33 Å². The molecule has 3 aliphatic rings. The molecule has 3 aliphatic heterocycles. The van der Waals surface area contributed by atoms with Crippen LogP contribution in [-0.2, 0) is 4.79 Å². The number of nitrogens with zero attached hydrogens (tertiary/aromatic N) is 5. The Morgan fingerprint density at radius 3 is 2.64 bits per heavy atom. The summed E-state index contributed by atoms with van der Waals surface area (Å²) >= 11 is 6.26. The van der Waals surface area contributed by atoms with Gasteiger partial charge in [0.25, 0.3) is 5.91 Å². The van der Waals surface area contributed by atoms with Crippen LogP contribution in [-0.4, -0.2) is 89.1 Å². The average molecular weight is 559 g/mol. The third-order valence-electron chi connectivity index (χ3n) is 8.14. The third-order valence-corrected chi connectivity index (χ3v) is 8.37. The summed E-state index contributed by atoms with van der Waals surface area (Å²) in [5, 5.41) is 3.46. The van der Waals surface area contributed by atoms with Crippen molar-refractivity contribution in [3.8, 4) is 11.5 Å². The van der Waals surface area contributed by atoms with Gasteiger partial charge in [0.2, 0.25) is 5.91 Å². The summed E-state index contributed by atoms with van der Waals surface area (Å²) in [4.78, 5) is 40.6. The molecule has 1 spiro atoms. The van der Waals surface area contributed by atoms with Crippen LogP contribution in [0.1, 0.15) is 50.4 Å². The van der Waals surface area contributed by atoms with Crippen molar-refractivity contribution in [2.45, 2.75) is 58.3 Å². The number of aromatic nitrogens is 2. The number of alkyl halides is 1. The summed E-state index contributed by atoms with van der Waals surface area (Å²) in [6, 6.07) is 4.66. The lowest BCUT2D eigenvalue weighted by atomic mass is 9.72. The monoisotopic (exact) mass is 558 g/mol. The van der Waals surface area contributed by atoms with Crippen molar-refractivity contribution >= 4 is 29.2 Å². The van der Waals surface area contributed by atoms with Crippen LogP contribution < -0.4 is 15.0 Å². The summed E-state index contributed by atoms with van der Waals surface area (Å²) in [6.45, 7) is 9.64. The first-order valence-electron chi connectivity index (χ1n) is 13.7. The van der Waals surface area contributed by atoms with Crippen molar-refractivity contribution in [3.63, 3.8) is 0 Å². The standard InChI is InChI=1S/C28H36ClFN6O3/c1-4-36(18(2)3)26(37)21-11-19(29)5-6-23(21)39-24-14-31-17-33-25(24)35-15-28(16-35)7-9-34(10-8-28)27(38)22-12-20(30)13-32-22/h5-6,11,14,17-18,20,22,32H,4,7-10,12-13,15-16H2,1-3H3/t20-,22+/m1/s1. The molecule has 2 amide bonds. The molecule has 3 fully saturated rings.